The van der Waals surface area contributed by atoms with Gasteiger partial charge in [0.15, 0.2) is 4.80 Å². The van der Waals surface area contributed by atoms with Crippen molar-refractivity contribution in [1.82, 2.24) is 9.13 Å². The van der Waals surface area contributed by atoms with Crippen molar-refractivity contribution in [2.45, 2.75) is 33.4 Å². The first-order chi connectivity index (χ1) is 20.8. The molecule has 43 heavy (non-hydrogen) atoms. The van der Waals surface area contributed by atoms with Crippen LogP contribution < -0.4 is 19.6 Å². The Morgan fingerprint density at radius 2 is 1.77 bits per heavy atom. The summed E-state index contributed by atoms with van der Waals surface area (Å²) in [6.45, 7) is 6.42. The monoisotopic (exact) mass is 611 g/mol. The first-order valence-corrected chi connectivity index (χ1v) is 15.2. The first kappa shape index (κ1) is 28.7. The molecule has 0 saturated carbocycles. The summed E-state index contributed by atoms with van der Waals surface area (Å²) in [7, 11) is 1.60. The molecule has 218 valence electrons. The molecule has 0 fully saturated rings. The Kier molecular flexibility index (Phi) is 7.81. The number of rotatable bonds is 7. The lowest BCUT2D eigenvalue weighted by Crippen LogP contribution is -2.39. The zero-order chi connectivity index (χ0) is 30.2. The number of hydrogen-bond donors (Lipinski definition) is 0. The van der Waals surface area contributed by atoms with Gasteiger partial charge in [0.1, 0.15) is 5.75 Å². The number of halogens is 1. The lowest BCUT2D eigenvalue weighted by Gasteiger charge is -2.24. The highest BCUT2D eigenvalue weighted by Gasteiger charge is 2.33. The quantitative estimate of drug-likeness (QED) is 0.219. The molecule has 9 heteroatoms. The predicted octanol–water partition coefficient (Wildman–Crippen LogP) is 5.77. The second kappa shape index (κ2) is 11.7. The van der Waals surface area contributed by atoms with Crippen molar-refractivity contribution >= 4 is 45.9 Å². The number of para-hydroxylation sites is 1. The van der Waals surface area contributed by atoms with Gasteiger partial charge in [-0.15, -0.1) is 0 Å². The van der Waals surface area contributed by atoms with E-state index in [0.717, 1.165) is 33.3 Å². The summed E-state index contributed by atoms with van der Waals surface area (Å²) >= 11 is 7.84. The second-order valence-corrected chi connectivity index (χ2v) is 11.7. The fraction of sp³-hybridized carbons (Fsp3) is 0.206. The third-order valence-corrected chi connectivity index (χ3v) is 9.14. The lowest BCUT2D eigenvalue weighted by molar-refractivity contribution is -0.139. The molecule has 1 aliphatic rings. The normalized spacial score (nSPS) is 15.0. The van der Waals surface area contributed by atoms with Crippen LogP contribution in [0, 0.1) is 6.92 Å². The van der Waals surface area contributed by atoms with E-state index in [-0.39, 0.29) is 12.2 Å². The van der Waals surface area contributed by atoms with E-state index in [1.165, 1.54) is 11.3 Å². The van der Waals surface area contributed by atoms with Crippen molar-refractivity contribution in [3.05, 3.63) is 131 Å². The van der Waals surface area contributed by atoms with Gasteiger partial charge in [-0.3, -0.25) is 9.36 Å². The maximum Gasteiger partial charge on any atom is 0.338 e. The maximum atomic E-state index is 14.2. The van der Waals surface area contributed by atoms with Crippen LogP contribution in [0.1, 0.15) is 42.3 Å². The van der Waals surface area contributed by atoms with E-state index in [9.17, 15) is 9.59 Å². The van der Waals surface area contributed by atoms with Gasteiger partial charge in [0.05, 0.1) is 35.6 Å². The van der Waals surface area contributed by atoms with Gasteiger partial charge < -0.3 is 14.0 Å². The van der Waals surface area contributed by atoms with Crippen molar-refractivity contribution < 1.29 is 14.3 Å². The number of ether oxygens (including phenoxy) is 2. The molecule has 3 aromatic carbocycles. The number of thiazole rings is 1. The second-order valence-electron chi connectivity index (χ2n) is 10.3. The highest BCUT2D eigenvalue weighted by Crippen LogP contribution is 2.32. The van der Waals surface area contributed by atoms with Crippen molar-refractivity contribution in [2.24, 2.45) is 4.99 Å². The van der Waals surface area contributed by atoms with Crippen molar-refractivity contribution in [3.8, 4) is 5.75 Å². The smallest absolute Gasteiger partial charge is 0.338 e. The molecule has 2 aromatic heterocycles. The molecular formula is C34H30ClN3O4S. The summed E-state index contributed by atoms with van der Waals surface area (Å²) in [6, 6.07) is 22.7. The van der Waals surface area contributed by atoms with Crippen LogP contribution in [-0.2, 0) is 16.1 Å². The predicted molar refractivity (Wildman–Crippen MR) is 171 cm³/mol. The third-order valence-electron chi connectivity index (χ3n) is 7.79. The van der Waals surface area contributed by atoms with Crippen LogP contribution in [-0.4, -0.2) is 28.8 Å². The number of methoxy groups -OCH3 is 1. The van der Waals surface area contributed by atoms with Gasteiger partial charge in [-0.05, 0) is 62.2 Å². The number of carbonyl (C=O) groups excluding carboxylic acids is 1. The third kappa shape index (κ3) is 5.11. The van der Waals surface area contributed by atoms with Crippen LogP contribution in [0.3, 0.4) is 0 Å². The summed E-state index contributed by atoms with van der Waals surface area (Å²) in [6.07, 6.45) is 1.94. The Hall–Kier alpha value is -4.40. The maximum absolute atomic E-state index is 14.2. The van der Waals surface area contributed by atoms with Gasteiger partial charge in [-0.25, -0.2) is 9.79 Å². The van der Waals surface area contributed by atoms with Gasteiger partial charge >= 0.3 is 5.97 Å². The van der Waals surface area contributed by atoms with E-state index in [1.54, 1.807) is 25.5 Å². The van der Waals surface area contributed by atoms with Gasteiger partial charge in [-0.1, -0.05) is 71.5 Å². The molecule has 5 aromatic rings. The molecule has 0 aliphatic carbocycles. The van der Waals surface area contributed by atoms with Crippen molar-refractivity contribution in [1.29, 1.82) is 0 Å². The van der Waals surface area contributed by atoms with Gasteiger partial charge in [0.2, 0.25) is 0 Å². The molecule has 0 amide bonds. The number of allylic oxidation sites excluding steroid dienone is 1. The van der Waals surface area contributed by atoms with Gasteiger partial charge in [0, 0.05) is 33.7 Å². The van der Waals surface area contributed by atoms with Crippen LogP contribution in [0.5, 0.6) is 5.75 Å². The highest BCUT2D eigenvalue weighted by atomic mass is 35.5. The molecule has 1 aliphatic heterocycles. The van der Waals surface area contributed by atoms with Crippen LogP contribution in [0.25, 0.3) is 17.0 Å². The molecule has 7 nitrogen and oxygen atoms in total. The van der Waals surface area contributed by atoms with E-state index < -0.39 is 12.0 Å². The number of carbonyl (C=O) groups is 1. The molecule has 6 rings (SSSR count). The molecule has 0 bridgehead atoms. The standard InChI is InChI=1S/C34H30ClN3O4S/c1-5-42-33(40)30-20(2)36-34-38(31(30)22-14-16-24(41-4)17-15-22)32(39)29(43-34)18-26-21(3)37(28-13-9-7-11-25(26)28)19-23-10-6-8-12-27(23)35/h6-18,31H,5,19H2,1-4H3/b29-18-/t31-/m0/s1. The Labute approximate surface area is 257 Å². The largest absolute Gasteiger partial charge is 0.497 e. The molecule has 1 atom stereocenters. The zero-order valence-corrected chi connectivity index (χ0v) is 25.8. The molecule has 3 heterocycles. The van der Waals surface area contributed by atoms with Crippen LogP contribution in [0.15, 0.2) is 93.9 Å². The van der Waals surface area contributed by atoms with Gasteiger partial charge in [-0.2, -0.15) is 0 Å². The van der Waals surface area contributed by atoms with Crippen LogP contribution >= 0.6 is 22.9 Å². The number of aromatic nitrogens is 2. The average Bonchev–Trinajstić information content (AvgIpc) is 3.46. The number of nitrogens with zero attached hydrogens (tertiary/aromatic N) is 3. The minimum atomic E-state index is -0.689. The molecule has 0 saturated heterocycles. The highest BCUT2D eigenvalue weighted by molar-refractivity contribution is 7.07. The lowest BCUT2D eigenvalue weighted by atomic mass is 9.96. The van der Waals surface area contributed by atoms with Gasteiger partial charge in [0.25, 0.3) is 5.56 Å². The molecule has 0 radical (unpaired) electrons. The zero-order valence-electron chi connectivity index (χ0n) is 24.3. The molecule has 0 unspecified atom stereocenters. The summed E-state index contributed by atoms with van der Waals surface area (Å²) in [5.41, 5.74) is 5.45. The van der Waals surface area contributed by atoms with Crippen molar-refractivity contribution in [3.63, 3.8) is 0 Å². The van der Waals surface area contributed by atoms with Crippen molar-refractivity contribution in [2.75, 3.05) is 13.7 Å². The fourth-order valence-electron chi connectivity index (χ4n) is 5.66. The van der Waals surface area contributed by atoms with E-state index in [4.69, 9.17) is 26.1 Å². The Morgan fingerprint density at radius 3 is 2.49 bits per heavy atom. The molecule has 0 spiro atoms. The number of fused-ring (bicyclic) bond motifs is 2. The Balaban J connectivity index is 1.54. The minimum Gasteiger partial charge on any atom is -0.497 e. The topological polar surface area (TPSA) is 74.8 Å². The SMILES string of the molecule is CCOC(=O)C1=C(C)N=c2s/c(=C\c3c(C)n(Cc4ccccc4Cl)c4ccccc34)c(=O)n2[C@H]1c1ccc(OC)cc1. The molecule has 0 N–H and O–H groups in total. The van der Waals surface area contributed by atoms with E-state index in [0.29, 0.717) is 37.9 Å². The Bertz CT molecular complexity index is 2090. The summed E-state index contributed by atoms with van der Waals surface area (Å²) in [5, 5.41) is 1.74. The number of esters is 1. The van der Waals surface area contributed by atoms with E-state index in [2.05, 4.69) is 23.6 Å². The van der Waals surface area contributed by atoms with E-state index >= 15 is 0 Å². The first-order valence-electron chi connectivity index (χ1n) is 14.0. The van der Waals surface area contributed by atoms with Crippen LogP contribution in [0.2, 0.25) is 5.02 Å². The average molecular weight is 612 g/mol. The summed E-state index contributed by atoms with van der Waals surface area (Å²) in [5.74, 6) is 0.190. The summed E-state index contributed by atoms with van der Waals surface area (Å²) < 4.78 is 15.1. The summed E-state index contributed by atoms with van der Waals surface area (Å²) in [4.78, 5) is 32.7. The Morgan fingerprint density at radius 1 is 1.05 bits per heavy atom. The van der Waals surface area contributed by atoms with Crippen LogP contribution in [0.4, 0.5) is 0 Å². The van der Waals surface area contributed by atoms with E-state index in [1.807, 2.05) is 66.7 Å². The number of hydrogen-bond acceptors (Lipinski definition) is 6. The number of benzene rings is 3. The fourth-order valence-corrected chi connectivity index (χ4v) is 6.89. The minimum absolute atomic E-state index is 0.215. The molecular weight excluding hydrogens is 582 g/mol.